The molecule has 0 radical (unpaired) electrons. The Balaban J connectivity index is 2.07. The van der Waals surface area contributed by atoms with Crippen LogP contribution in [0.15, 0.2) is 18.5 Å². The zero-order valence-electron chi connectivity index (χ0n) is 12.5. The van der Waals surface area contributed by atoms with Gasteiger partial charge in [-0.1, -0.05) is 6.92 Å². The van der Waals surface area contributed by atoms with Gasteiger partial charge in [0.15, 0.2) is 5.82 Å². The average Bonchev–Trinajstić information content (AvgIpc) is 2.53. The van der Waals surface area contributed by atoms with Crippen LogP contribution in [-0.2, 0) is 17.8 Å². The minimum absolute atomic E-state index is 0.591. The second-order valence-electron chi connectivity index (χ2n) is 5.24. The van der Waals surface area contributed by atoms with Crippen molar-refractivity contribution in [3.05, 3.63) is 35.3 Å². The lowest BCUT2D eigenvalue weighted by molar-refractivity contribution is 0.109. The predicted octanol–water partition coefficient (Wildman–Crippen LogP) is 2.74. The number of pyridine rings is 1. The molecule has 0 fully saturated rings. The van der Waals surface area contributed by atoms with Crippen molar-refractivity contribution in [2.45, 2.75) is 33.3 Å². The van der Waals surface area contributed by atoms with Crippen molar-refractivity contribution >= 4 is 5.82 Å². The molecule has 2 aromatic rings. The van der Waals surface area contributed by atoms with Crippen molar-refractivity contribution in [3.63, 3.8) is 0 Å². The molecule has 0 saturated heterocycles. The predicted molar refractivity (Wildman–Crippen MR) is 82.1 cm³/mol. The van der Waals surface area contributed by atoms with Gasteiger partial charge in [0.25, 0.3) is 0 Å². The van der Waals surface area contributed by atoms with Crippen LogP contribution in [0.2, 0.25) is 0 Å². The van der Waals surface area contributed by atoms with E-state index >= 15 is 0 Å². The summed E-state index contributed by atoms with van der Waals surface area (Å²) in [5, 5.41) is 3.40. The fourth-order valence-electron chi connectivity index (χ4n) is 2.44. The van der Waals surface area contributed by atoms with Gasteiger partial charge < -0.3 is 10.1 Å². The van der Waals surface area contributed by atoms with E-state index < -0.39 is 0 Å². The summed E-state index contributed by atoms with van der Waals surface area (Å²) in [5.74, 6) is 1.65. The molecule has 3 heterocycles. The Bertz CT molecular complexity index is 642. The minimum atomic E-state index is 0.591. The summed E-state index contributed by atoms with van der Waals surface area (Å²) < 4.78 is 5.55. The maximum Gasteiger partial charge on any atom is 0.163 e. The van der Waals surface area contributed by atoms with Crippen LogP contribution in [0, 0.1) is 6.92 Å². The molecule has 0 atom stereocenters. The lowest BCUT2D eigenvalue weighted by atomic mass is 10.1. The highest BCUT2D eigenvalue weighted by atomic mass is 16.5. The van der Waals surface area contributed by atoms with E-state index in [-0.39, 0.29) is 0 Å². The normalized spacial score (nSPS) is 13.8. The summed E-state index contributed by atoms with van der Waals surface area (Å²) in [5.41, 5.74) is 4.32. The number of hydrogen-bond acceptors (Lipinski definition) is 5. The third-order valence-electron chi connectivity index (χ3n) is 3.64. The molecule has 21 heavy (non-hydrogen) atoms. The topological polar surface area (TPSA) is 59.9 Å². The van der Waals surface area contributed by atoms with Crippen molar-refractivity contribution in [1.29, 1.82) is 0 Å². The second-order valence-corrected chi connectivity index (χ2v) is 5.24. The first-order valence-corrected chi connectivity index (χ1v) is 7.42. The fraction of sp³-hybridized carbons (Fsp3) is 0.438. The van der Waals surface area contributed by atoms with Gasteiger partial charge in [-0.3, -0.25) is 4.98 Å². The van der Waals surface area contributed by atoms with E-state index in [1.165, 1.54) is 0 Å². The molecule has 0 spiro atoms. The molecule has 0 aromatic carbocycles. The van der Waals surface area contributed by atoms with E-state index in [9.17, 15) is 0 Å². The van der Waals surface area contributed by atoms with Crippen LogP contribution in [0.4, 0.5) is 5.82 Å². The largest absolute Gasteiger partial charge is 0.376 e. The number of rotatable bonds is 4. The van der Waals surface area contributed by atoms with Crippen LogP contribution in [0.3, 0.4) is 0 Å². The lowest BCUT2D eigenvalue weighted by Crippen LogP contribution is -2.17. The van der Waals surface area contributed by atoms with E-state index in [1.54, 1.807) is 6.20 Å². The number of nitrogens with zero attached hydrogens (tertiary/aromatic N) is 3. The molecule has 110 valence electrons. The van der Waals surface area contributed by atoms with E-state index in [0.717, 1.165) is 60.0 Å². The Morgan fingerprint density at radius 2 is 2.24 bits per heavy atom. The highest BCUT2D eigenvalue weighted by Crippen LogP contribution is 2.27. The van der Waals surface area contributed by atoms with Gasteiger partial charge in [-0.15, -0.1) is 0 Å². The maximum atomic E-state index is 5.55. The summed E-state index contributed by atoms with van der Waals surface area (Å²) in [6.45, 7) is 6.41. The molecule has 0 bridgehead atoms. The Labute approximate surface area is 124 Å². The SMILES string of the molecule is CCCNc1nc(-c2cnccc2C)nc2c1COCC2. The summed E-state index contributed by atoms with van der Waals surface area (Å²) in [7, 11) is 0. The minimum Gasteiger partial charge on any atom is -0.376 e. The molecular weight excluding hydrogens is 264 g/mol. The maximum absolute atomic E-state index is 5.55. The molecule has 3 rings (SSSR count). The third kappa shape index (κ3) is 2.88. The number of fused-ring (bicyclic) bond motifs is 1. The fourth-order valence-corrected chi connectivity index (χ4v) is 2.44. The van der Waals surface area contributed by atoms with Gasteiger partial charge in [-0.25, -0.2) is 9.97 Å². The second kappa shape index (κ2) is 6.18. The third-order valence-corrected chi connectivity index (χ3v) is 3.64. The van der Waals surface area contributed by atoms with E-state index in [4.69, 9.17) is 14.7 Å². The van der Waals surface area contributed by atoms with Crippen LogP contribution in [0.5, 0.6) is 0 Å². The Morgan fingerprint density at radius 3 is 3.05 bits per heavy atom. The number of aryl methyl sites for hydroxylation is 1. The number of aromatic nitrogens is 3. The van der Waals surface area contributed by atoms with Gasteiger partial charge >= 0.3 is 0 Å². The zero-order valence-corrected chi connectivity index (χ0v) is 12.5. The average molecular weight is 284 g/mol. The standard InChI is InChI=1S/C16H20N4O/c1-3-6-18-15-13-10-21-8-5-14(13)19-16(20-15)12-9-17-7-4-11(12)2/h4,7,9H,3,5-6,8,10H2,1-2H3,(H,18,19,20). The molecule has 1 aliphatic rings. The van der Waals surface area contributed by atoms with Crippen molar-refractivity contribution in [2.24, 2.45) is 0 Å². The molecule has 0 saturated carbocycles. The smallest absolute Gasteiger partial charge is 0.163 e. The van der Waals surface area contributed by atoms with Crippen molar-refractivity contribution in [3.8, 4) is 11.4 Å². The van der Waals surface area contributed by atoms with Crippen molar-refractivity contribution in [1.82, 2.24) is 15.0 Å². The molecule has 1 N–H and O–H groups in total. The molecular formula is C16H20N4O. The quantitative estimate of drug-likeness (QED) is 0.935. The summed E-state index contributed by atoms with van der Waals surface area (Å²) in [4.78, 5) is 13.7. The van der Waals surface area contributed by atoms with Gasteiger partial charge in [0.05, 0.1) is 18.9 Å². The zero-order chi connectivity index (χ0) is 14.7. The highest BCUT2D eigenvalue weighted by Gasteiger charge is 2.19. The monoisotopic (exact) mass is 284 g/mol. The molecule has 1 aliphatic heterocycles. The Hall–Kier alpha value is -2.01. The summed E-state index contributed by atoms with van der Waals surface area (Å²) >= 11 is 0. The van der Waals surface area contributed by atoms with Gasteiger partial charge in [-0.2, -0.15) is 0 Å². The molecule has 0 aliphatic carbocycles. The van der Waals surface area contributed by atoms with Crippen LogP contribution in [-0.4, -0.2) is 28.1 Å². The Morgan fingerprint density at radius 1 is 1.33 bits per heavy atom. The Kier molecular flexibility index (Phi) is 4.10. The molecule has 2 aromatic heterocycles. The highest BCUT2D eigenvalue weighted by molar-refractivity contribution is 5.62. The van der Waals surface area contributed by atoms with Gasteiger partial charge in [0.2, 0.25) is 0 Å². The number of ether oxygens (including phenoxy) is 1. The molecule has 0 amide bonds. The molecule has 0 unspecified atom stereocenters. The van der Waals surface area contributed by atoms with E-state index in [1.807, 2.05) is 12.3 Å². The van der Waals surface area contributed by atoms with Gasteiger partial charge in [0.1, 0.15) is 5.82 Å². The van der Waals surface area contributed by atoms with E-state index in [0.29, 0.717) is 6.61 Å². The van der Waals surface area contributed by atoms with Crippen LogP contribution in [0.25, 0.3) is 11.4 Å². The molecule has 5 nitrogen and oxygen atoms in total. The molecule has 5 heteroatoms. The van der Waals surface area contributed by atoms with Crippen LogP contribution < -0.4 is 5.32 Å². The van der Waals surface area contributed by atoms with Crippen molar-refractivity contribution < 1.29 is 4.74 Å². The van der Waals surface area contributed by atoms with E-state index in [2.05, 4.69) is 24.1 Å². The van der Waals surface area contributed by atoms with Gasteiger partial charge in [-0.05, 0) is 25.0 Å². The number of hydrogen-bond donors (Lipinski definition) is 1. The first kappa shape index (κ1) is 13.9. The van der Waals surface area contributed by atoms with Crippen LogP contribution >= 0.6 is 0 Å². The lowest BCUT2D eigenvalue weighted by Gasteiger charge is -2.20. The first-order valence-electron chi connectivity index (χ1n) is 7.42. The number of nitrogens with one attached hydrogen (secondary N) is 1. The van der Waals surface area contributed by atoms with Gasteiger partial charge in [0, 0.05) is 36.5 Å². The van der Waals surface area contributed by atoms with Crippen molar-refractivity contribution in [2.75, 3.05) is 18.5 Å². The van der Waals surface area contributed by atoms with Crippen LogP contribution in [0.1, 0.15) is 30.2 Å². The summed E-state index contributed by atoms with van der Waals surface area (Å²) in [6, 6.07) is 1.99. The first-order chi connectivity index (χ1) is 10.3. The number of anilines is 1. The summed E-state index contributed by atoms with van der Waals surface area (Å²) in [6.07, 6.45) is 5.52.